The van der Waals surface area contributed by atoms with E-state index in [0.717, 1.165) is 5.56 Å². The van der Waals surface area contributed by atoms with Crippen LogP contribution in [0.3, 0.4) is 0 Å². The molecule has 2 rings (SSSR count). The number of anilines is 3. The van der Waals surface area contributed by atoms with Gasteiger partial charge in [-0.1, -0.05) is 12.1 Å². The van der Waals surface area contributed by atoms with Crippen LogP contribution in [0.15, 0.2) is 29.1 Å². The van der Waals surface area contributed by atoms with Crippen LogP contribution in [0.4, 0.5) is 17.5 Å². The topological polar surface area (TPSA) is 116 Å². The van der Waals surface area contributed by atoms with E-state index in [-0.39, 0.29) is 23.4 Å². The van der Waals surface area contributed by atoms with E-state index >= 15 is 0 Å². The van der Waals surface area contributed by atoms with Gasteiger partial charge >= 0.3 is 0 Å². The number of likely N-dealkylation sites (N-methyl/N-ethyl adjacent to an activating group) is 1. The number of aromatic amines is 1. The molecule has 0 fully saturated rings. The van der Waals surface area contributed by atoms with E-state index in [0.29, 0.717) is 12.2 Å². The second-order valence-electron chi connectivity index (χ2n) is 6.19. The van der Waals surface area contributed by atoms with Gasteiger partial charge in [0, 0.05) is 18.3 Å². The molecule has 0 saturated carbocycles. The SMILES string of the molecule is Cc1cccc(Nc2nc(NCC(C)N(C)C)[nH]c(=O)c2C(N)=O)c1. The van der Waals surface area contributed by atoms with Gasteiger partial charge in [-0.2, -0.15) is 4.98 Å². The number of benzene rings is 1. The number of carbonyl (C=O) groups is 1. The molecular formula is C17H24N6O2. The van der Waals surface area contributed by atoms with Crippen molar-refractivity contribution in [2.45, 2.75) is 19.9 Å². The monoisotopic (exact) mass is 344 g/mol. The van der Waals surface area contributed by atoms with E-state index in [1.54, 1.807) is 0 Å². The lowest BCUT2D eigenvalue weighted by Crippen LogP contribution is -2.33. The maximum Gasteiger partial charge on any atom is 0.267 e. The van der Waals surface area contributed by atoms with Crippen molar-refractivity contribution in [2.75, 3.05) is 31.3 Å². The number of nitrogens with zero attached hydrogens (tertiary/aromatic N) is 2. The molecular weight excluding hydrogens is 320 g/mol. The Morgan fingerprint density at radius 1 is 1.40 bits per heavy atom. The van der Waals surface area contributed by atoms with Gasteiger partial charge in [-0.3, -0.25) is 14.6 Å². The molecule has 2 aromatic rings. The van der Waals surface area contributed by atoms with Gasteiger partial charge in [0.05, 0.1) is 0 Å². The number of rotatable bonds is 7. The van der Waals surface area contributed by atoms with Crippen LogP contribution in [-0.2, 0) is 0 Å². The zero-order chi connectivity index (χ0) is 18.6. The molecule has 1 atom stereocenters. The van der Waals surface area contributed by atoms with Crippen molar-refractivity contribution in [2.24, 2.45) is 5.73 Å². The molecule has 0 bridgehead atoms. The molecule has 1 amide bonds. The van der Waals surface area contributed by atoms with Gasteiger partial charge in [-0.25, -0.2) is 0 Å². The second kappa shape index (κ2) is 7.80. The van der Waals surface area contributed by atoms with Gasteiger partial charge in [0.25, 0.3) is 11.5 Å². The summed E-state index contributed by atoms with van der Waals surface area (Å²) < 4.78 is 0. The number of hydrogen-bond donors (Lipinski definition) is 4. The highest BCUT2D eigenvalue weighted by Gasteiger charge is 2.17. The molecule has 0 spiro atoms. The third kappa shape index (κ3) is 4.80. The number of nitrogens with one attached hydrogen (secondary N) is 3. The highest BCUT2D eigenvalue weighted by Crippen LogP contribution is 2.18. The fourth-order valence-electron chi connectivity index (χ4n) is 2.16. The minimum Gasteiger partial charge on any atom is -0.365 e. The van der Waals surface area contributed by atoms with Crippen LogP contribution in [0.1, 0.15) is 22.8 Å². The number of H-pyrrole nitrogens is 1. The van der Waals surface area contributed by atoms with Crippen molar-refractivity contribution in [3.05, 3.63) is 45.7 Å². The number of primary amides is 1. The highest BCUT2D eigenvalue weighted by atomic mass is 16.2. The number of aryl methyl sites for hydroxylation is 1. The lowest BCUT2D eigenvalue weighted by Gasteiger charge is -2.20. The summed E-state index contributed by atoms with van der Waals surface area (Å²) in [6.07, 6.45) is 0. The molecule has 134 valence electrons. The van der Waals surface area contributed by atoms with Gasteiger partial charge in [0.15, 0.2) is 5.82 Å². The fourth-order valence-corrected chi connectivity index (χ4v) is 2.16. The van der Waals surface area contributed by atoms with Crippen molar-refractivity contribution >= 4 is 23.4 Å². The fraction of sp³-hybridized carbons (Fsp3) is 0.353. The van der Waals surface area contributed by atoms with Crippen molar-refractivity contribution in [1.29, 1.82) is 0 Å². The largest absolute Gasteiger partial charge is 0.365 e. The predicted octanol–water partition coefficient (Wildman–Crippen LogP) is 1.28. The first-order valence-corrected chi connectivity index (χ1v) is 7.96. The highest BCUT2D eigenvalue weighted by molar-refractivity contribution is 5.98. The summed E-state index contributed by atoms with van der Waals surface area (Å²) in [5, 5.41) is 6.07. The molecule has 0 aliphatic rings. The average Bonchev–Trinajstić information content (AvgIpc) is 2.51. The first kappa shape index (κ1) is 18.5. The van der Waals surface area contributed by atoms with Crippen molar-refractivity contribution in [1.82, 2.24) is 14.9 Å². The van der Waals surface area contributed by atoms with Crippen LogP contribution in [0.2, 0.25) is 0 Å². The number of carbonyl (C=O) groups excluding carboxylic acids is 1. The number of nitrogens with two attached hydrogens (primary N) is 1. The molecule has 0 saturated heterocycles. The minimum atomic E-state index is -0.836. The second-order valence-corrected chi connectivity index (χ2v) is 6.19. The summed E-state index contributed by atoms with van der Waals surface area (Å²) in [6.45, 7) is 4.56. The summed E-state index contributed by atoms with van der Waals surface area (Å²) >= 11 is 0. The molecule has 5 N–H and O–H groups in total. The van der Waals surface area contributed by atoms with Gasteiger partial charge in [-0.05, 0) is 45.6 Å². The van der Waals surface area contributed by atoms with E-state index in [1.165, 1.54) is 0 Å². The zero-order valence-corrected chi connectivity index (χ0v) is 14.9. The van der Waals surface area contributed by atoms with Gasteiger partial charge in [-0.15, -0.1) is 0 Å². The molecule has 1 heterocycles. The maximum absolute atomic E-state index is 12.3. The smallest absolute Gasteiger partial charge is 0.267 e. The predicted molar refractivity (Wildman–Crippen MR) is 99.5 cm³/mol. The third-order valence-electron chi connectivity index (χ3n) is 3.89. The van der Waals surface area contributed by atoms with Gasteiger partial charge in [0.2, 0.25) is 5.95 Å². The van der Waals surface area contributed by atoms with E-state index in [4.69, 9.17) is 5.73 Å². The van der Waals surface area contributed by atoms with Crippen LogP contribution in [0, 0.1) is 6.92 Å². The molecule has 0 aliphatic heterocycles. The van der Waals surface area contributed by atoms with Crippen molar-refractivity contribution < 1.29 is 4.79 Å². The Labute approximate surface area is 146 Å². The van der Waals surface area contributed by atoms with E-state index in [9.17, 15) is 9.59 Å². The minimum absolute atomic E-state index is 0.127. The molecule has 0 radical (unpaired) electrons. The summed E-state index contributed by atoms with van der Waals surface area (Å²) in [5.41, 5.74) is 6.31. The van der Waals surface area contributed by atoms with Gasteiger partial charge in [0.1, 0.15) is 5.56 Å². The Bertz CT molecular complexity index is 815. The van der Waals surface area contributed by atoms with E-state index in [1.807, 2.05) is 57.1 Å². The average molecular weight is 344 g/mol. The van der Waals surface area contributed by atoms with E-state index < -0.39 is 11.5 Å². The molecule has 1 aromatic heterocycles. The van der Waals surface area contributed by atoms with Crippen molar-refractivity contribution in [3.8, 4) is 0 Å². The molecule has 1 unspecified atom stereocenters. The van der Waals surface area contributed by atoms with Crippen LogP contribution >= 0.6 is 0 Å². The molecule has 25 heavy (non-hydrogen) atoms. The van der Waals surface area contributed by atoms with Crippen molar-refractivity contribution in [3.63, 3.8) is 0 Å². The first-order valence-electron chi connectivity index (χ1n) is 7.96. The third-order valence-corrected chi connectivity index (χ3v) is 3.89. The Morgan fingerprint density at radius 2 is 2.12 bits per heavy atom. The lowest BCUT2D eigenvalue weighted by molar-refractivity contribution is 0.0999. The van der Waals surface area contributed by atoms with Crippen LogP contribution in [-0.4, -0.2) is 47.5 Å². The Kier molecular flexibility index (Phi) is 5.76. The summed E-state index contributed by atoms with van der Waals surface area (Å²) in [6, 6.07) is 7.75. The quantitative estimate of drug-likeness (QED) is 0.601. The number of amides is 1. The van der Waals surface area contributed by atoms with Crippen LogP contribution < -0.4 is 21.9 Å². The first-order chi connectivity index (χ1) is 11.8. The standard InChI is InChI=1S/C17H24N6O2/c1-10-6-5-7-12(8-10)20-15-13(14(18)24)16(25)22-17(21-15)19-9-11(2)23(3)4/h5-8,11H,9H2,1-4H3,(H2,18,24)(H3,19,20,21,22,25). The maximum atomic E-state index is 12.3. The summed E-state index contributed by atoms with van der Waals surface area (Å²) in [4.78, 5) is 32.8. The number of hydrogen-bond acceptors (Lipinski definition) is 6. The Balaban J connectivity index is 2.34. The zero-order valence-electron chi connectivity index (χ0n) is 14.9. The molecule has 8 nitrogen and oxygen atoms in total. The lowest BCUT2D eigenvalue weighted by atomic mass is 10.2. The Hall–Kier alpha value is -2.87. The summed E-state index contributed by atoms with van der Waals surface area (Å²) in [7, 11) is 3.92. The van der Waals surface area contributed by atoms with Gasteiger partial charge < -0.3 is 21.3 Å². The van der Waals surface area contributed by atoms with Crippen LogP contribution in [0.25, 0.3) is 0 Å². The Morgan fingerprint density at radius 3 is 2.72 bits per heavy atom. The molecule has 0 aliphatic carbocycles. The molecule has 1 aromatic carbocycles. The number of aromatic nitrogens is 2. The van der Waals surface area contributed by atoms with Crippen LogP contribution in [0.5, 0.6) is 0 Å². The normalized spacial score (nSPS) is 12.0. The van der Waals surface area contributed by atoms with E-state index in [2.05, 4.69) is 20.6 Å². The summed E-state index contributed by atoms with van der Waals surface area (Å²) in [5.74, 6) is -0.433. The molecule has 8 heteroatoms.